The number of pyridine rings is 1. The van der Waals surface area contributed by atoms with Gasteiger partial charge in [-0.25, -0.2) is 9.37 Å². The van der Waals surface area contributed by atoms with Gasteiger partial charge in [-0.15, -0.1) is 11.3 Å². The van der Waals surface area contributed by atoms with E-state index in [1.807, 2.05) is 25.1 Å². The van der Waals surface area contributed by atoms with Crippen molar-refractivity contribution in [2.75, 3.05) is 29.9 Å². The van der Waals surface area contributed by atoms with E-state index in [0.717, 1.165) is 37.4 Å². The van der Waals surface area contributed by atoms with E-state index in [9.17, 15) is 9.18 Å². The number of carbonyl (C=O) groups is 1. The van der Waals surface area contributed by atoms with Gasteiger partial charge in [0.1, 0.15) is 16.4 Å². The number of alkyl halides is 1. The number of fused-ring (bicyclic) bond motifs is 5. The maximum absolute atomic E-state index is 14.1. The number of hydrogen-bond acceptors (Lipinski definition) is 5. The van der Waals surface area contributed by atoms with Crippen LogP contribution in [0.4, 0.5) is 15.9 Å². The molecule has 2 aliphatic rings. The first-order chi connectivity index (χ1) is 13.4. The van der Waals surface area contributed by atoms with E-state index >= 15 is 0 Å². The lowest BCUT2D eigenvalue weighted by Crippen LogP contribution is -2.40. The average Bonchev–Trinajstić information content (AvgIpc) is 2.98. The summed E-state index contributed by atoms with van der Waals surface area (Å²) in [5.74, 6) is 0.872. The fourth-order valence-corrected chi connectivity index (χ4v) is 5.19. The molecule has 1 amide bonds. The molecule has 1 saturated heterocycles. The minimum Gasteiger partial charge on any atom is -0.381 e. The molecule has 2 aliphatic heterocycles. The van der Waals surface area contributed by atoms with Crippen LogP contribution in [0.2, 0.25) is 0 Å². The van der Waals surface area contributed by atoms with Crippen LogP contribution >= 0.6 is 11.3 Å². The lowest BCUT2D eigenvalue weighted by molar-refractivity contribution is 0.0949. The number of benzene rings is 1. The Morgan fingerprint density at radius 2 is 2.04 bits per heavy atom. The molecule has 0 aliphatic carbocycles. The Hall–Kier alpha value is -2.41. The first-order valence-electron chi connectivity index (χ1n) is 9.76. The van der Waals surface area contributed by atoms with Gasteiger partial charge >= 0.3 is 0 Å². The summed E-state index contributed by atoms with van der Waals surface area (Å²) in [4.78, 5) is 20.3. The van der Waals surface area contributed by atoms with Crippen LogP contribution in [-0.4, -0.2) is 42.2 Å². The molecule has 0 bridgehead atoms. The van der Waals surface area contributed by atoms with Crippen LogP contribution in [0.15, 0.2) is 24.3 Å². The Labute approximate surface area is 166 Å². The number of nitrogens with zero attached hydrogens (tertiary/aromatic N) is 2. The Morgan fingerprint density at radius 1 is 1.25 bits per heavy atom. The number of halogens is 1. The number of thiophene rings is 1. The molecule has 2 aromatic heterocycles. The maximum atomic E-state index is 14.1. The van der Waals surface area contributed by atoms with Crippen LogP contribution in [-0.2, 0) is 0 Å². The van der Waals surface area contributed by atoms with E-state index in [4.69, 9.17) is 4.98 Å². The van der Waals surface area contributed by atoms with E-state index in [2.05, 4.69) is 21.6 Å². The van der Waals surface area contributed by atoms with Crippen molar-refractivity contribution in [2.24, 2.45) is 0 Å². The van der Waals surface area contributed by atoms with E-state index in [1.165, 1.54) is 11.3 Å². The van der Waals surface area contributed by atoms with Crippen LogP contribution in [0.5, 0.6) is 0 Å². The molecule has 4 heterocycles. The van der Waals surface area contributed by atoms with Crippen LogP contribution in [0, 0.1) is 0 Å². The normalized spacial score (nSPS) is 21.9. The first kappa shape index (κ1) is 17.7. The molecule has 1 aromatic carbocycles. The Bertz CT molecular complexity index is 1080. The average molecular weight is 399 g/mol. The molecular formula is C21H23FN4OS. The molecule has 1 fully saturated rings. The Morgan fingerprint density at radius 3 is 2.82 bits per heavy atom. The van der Waals surface area contributed by atoms with Crippen molar-refractivity contribution in [1.82, 2.24) is 10.3 Å². The standard InChI is InChI=1S/C21H23FN4OS/c1-12-11-23-18-17-13-3-6-16(26-9-7-21(2,22)8-10-26)25-14(13)4-5-15(17)28-19(18)20(27)24-12/h3-6,12,23H,7-11H2,1-2H3,(H,24,27)/t12-/m1/s1. The molecule has 7 heteroatoms. The van der Waals surface area contributed by atoms with Gasteiger partial charge in [0.05, 0.1) is 11.2 Å². The fourth-order valence-electron chi connectivity index (χ4n) is 4.09. The molecule has 2 N–H and O–H groups in total. The number of hydrogen-bond donors (Lipinski definition) is 2. The van der Waals surface area contributed by atoms with Crippen molar-refractivity contribution < 1.29 is 9.18 Å². The molecule has 5 nitrogen and oxygen atoms in total. The summed E-state index contributed by atoms with van der Waals surface area (Å²) in [6.45, 7) is 5.74. The van der Waals surface area contributed by atoms with Crippen LogP contribution < -0.4 is 15.5 Å². The van der Waals surface area contributed by atoms with Crippen molar-refractivity contribution in [3.05, 3.63) is 29.1 Å². The number of amides is 1. The van der Waals surface area contributed by atoms with E-state index < -0.39 is 5.67 Å². The predicted molar refractivity (Wildman–Crippen MR) is 114 cm³/mol. The summed E-state index contributed by atoms with van der Waals surface area (Å²) in [5.41, 5.74) is 0.740. The molecule has 1 atom stereocenters. The predicted octanol–water partition coefficient (Wildman–Crippen LogP) is 4.32. The molecule has 146 valence electrons. The van der Waals surface area contributed by atoms with Gasteiger partial charge in [0.2, 0.25) is 0 Å². The second-order valence-corrected chi connectivity index (χ2v) is 9.19. The number of carbonyl (C=O) groups excluding carboxylic acids is 1. The number of anilines is 2. The minimum atomic E-state index is -1.07. The van der Waals surface area contributed by atoms with E-state index in [-0.39, 0.29) is 11.9 Å². The van der Waals surface area contributed by atoms with Gasteiger partial charge in [-0.05, 0) is 51.0 Å². The highest BCUT2D eigenvalue weighted by Crippen LogP contribution is 2.41. The molecule has 5 rings (SSSR count). The van der Waals surface area contributed by atoms with Crippen LogP contribution in [0.25, 0.3) is 21.0 Å². The molecule has 0 unspecified atom stereocenters. The third kappa shape index (κ3) is 2.89. The Kier molecular flexibility index (Phi) is 3.98. The number of nitrogens with one attached hydrogen (secondary N) is 2. The topological polar surface area (TPSA) is 57.3 Å². The highest BCUT2D eigenvalue weighted by Gasteiger charge is 2.30. The van der Waals surface area contributed by atoms with Gasteiger partial charge in [0.15, 0.2) is 0 Å². The highest BCUT2D eigenvalue weighted by atomic mass is 32.1. The van der Waals surface area contributed by atoms with Gasteiger partial charge in [-0.2, -0.15) is 0 Å². The quantitative estimate of drug-likeness (QED) is 0.641. The molecule has 3 aromatic rings. The third-order valence-electron chi connectivity index (χ3n) is 5.81. The fraction of sp³-hybridized carbons (Fsp3) is 0.429. The summed E-state index contributed by atoms with van der Waals surface area (Å²) in [6.07, 6.45) is 1.06. The van der Waals surface area contributed by atoms with Gasteiger partial charge < -0.3 is 15.5 Å². The van der Waals surface area contributed by atoms with Gasteiger partial charge in [-0.1, -0.05) is 0 Å². The summed E-state index contributed by atoms with van der Waals surface area (Å²) >= 11 is 1.52. The van der Waals surface area contributed by atoms with Gasteiger partial charge in [-0.3, -0.25) is 4.79 Å². The van der Waals surface area contributed by atoms with E-state index in [1.54, 1.807) is 6.92 Å². The zero-order chi connectivity index (χ0) is 19.5. The SMILES string of the molecule is C[C@@H]1CNc2c(sc3ccc4nc(N5CCC(C)(F)CC5)ccc4c23)C(=O)N1. The van der Waals surface area contributed by atoms with E-state index in [0.29, 0.717) is 32.5 Å². The van der Waals surface area contributed by atoms with Crippen molar-refractivity contribution >= 4 is 49.7 Å². The molecular weight excluding hydrogens is 375 g/mol. The van der Waals surface area contributed by atoms with Crippen LogP contribution in [0.3, 0.4) is 0 Å². The van der Waals surface area contributed by atoms with Crippen molar-refractivity contribution in [3.63, 3.8) is 0 Å². The maximum Gasteiger partial charge on any atom is 0.263 e. The summed E-state index contributed by atoms with van der Waals surface area (Å²) in [5, 5.41) is 8.58. The lowest BCUT2D eigenvalue weighted by atomic mass is 9.96. The largest absolute Gasteiger partial charge is 0.381 e. The smallest absolute Gasteiger partial charge is 0.263 e. The summed E-state index contributed by atoms with van der Waals surface area (Å²) in [6, 6.07) is 8.25. The van der Waals surface area contributed by atoms with Crippen molar-refractivity contribution in [3.8, 4) is 0 Å². The number of rotatable bonds is 1. The van der Waals surface area contributed by atoms with Crippen LogP contribution in [0.1, 0.15) is 36.4 Å². The van der Waals surface area contributed by atoms with Gasteiger partial charge in [0.25, 0.3) is 5.91 Å². The zero-order valence-corrected chi connectivity index (χ0v) is 16.8. The van der Waals surface area contributed by atoms with Gasteiger partial charge in [0, 0.05) is 41.1 Å². The molecule has 28 heavy (non-hydrogen) atoms. The third-order valence-corrected chi connectivity index (χ3v) is 6.96. The number of piperidine rings is 1. The molecule has 0 spiro atoms. The van der Waals surface area contributed by atoms with Crippen molar-refractivity contribution in [1.29, 1.82) is 0 Å². The van der Waals surface area contributed by atoms with Crippen molar-refractivity contribution in [2.45, 2.75) is 38.4 Å². The molecule has 0 saturated carbocycles. The second-order valence-electron chi connectivity index (χ2n) is 8.14. The zero-order valence-electron chi connectivity index (χ0n) is 16.0. The summed E-state index contributed by atoms with van der Waals surface area (Å²) in [7, 11) is 0. The monoisotopic (exact) mass is 398 g/mol. The second kappa shape index (κ2) is 6.30. The lowest BCUT2D eigenvalue weighted by Gasteiger charge is -2.35. The number of aromatic nitrogens is 1. The minimum absolute atomic E-state index is 0.0194. The molecule has 0 radical (unpaired) electrons. The summed E-state index contributed by atoms with van der Waals surface area (Å²) < 4.78 is 15.2. The Balaban J connectivity index is 1.59. The first-order valence-corrected chi connectivity index (χ1v) is 10.6. The highest BCUT2D eigenvalue weighted by molar-refractivity contribution is 7.21.